The predicted molar refractivity (Wildman–Crippen MR) is 126 cm³/mol. The van der Waals surface area contributed by atoms with E-state index in [2.05, 4.69) is 22.1 Å². The fourth-order valence-corrected chi connectivity index (χ4v) is 5.22. The maximum absolute atomic E-state index is 13.9. The van der Waals surface area contributed by atoms with E-state index in [0.29, 0.717) is 36.0 Å². The molecule has 0 spiro atoms. The molecule has 1 N–H and O–H groups in total. The molecular formula is C24H27FN4O4S. The summed E-state index contributed by atoms with van der Waals surface area (Å²) in [5.41, 5.74) is 0.812. The van der Waals surface area contributed by atoms with Gasteiger partial charge in [0.05, 0.1) is 16.7 Å². The molecule has 2 heterocycles. The van der Waals surface area contributed by atoms with Crippen LogP contribution in [0.4, 0.5) is 10.1 Å². The van der Waals surface area contributed by atoms with E-state index in [1.165, 1.54) is 28.7 Å². The molecule has 1 aliphatic rings. The third-order valence-corrected chi connectivity index (χ3v) is 7.73. The van der Waals surface area contributed by atoms with Gasteiger partial charge in [0.2, 0.25) is 15.9 Å². The Balaban J connectivity index is 1.31. The van der Waals surface area contributed by atoms with Gasteiger partial charge in [-0.15, -0.1) is 0 Å². The minimum absolute atomic E-state index is 0.110. The number of likely N-dealkylation sites (N-methyl/N-ethyl adjacent to an activating group) is 1. The number of piperazine rings is 1. The maximum Gasteiger partial charge on any atom is 0.243 e. The van der Waals surface area contributed by atoms with E-state index in [1.807, 2.05) is 0 Å². The molecular weight excluding hydrogens is 459 g/mol. The molecule has 2 aromatic carbocycles. The summed E-state index contributed by atoms with van der Waals surface area (Å²) in [6.07, 6.45) is 1.79. The molecule has 1 aromatic heterocycles. The van der Waals surface area contributed by atoms with Crippen molar-refractivity contribution in [1.82, 2.24) is 14.2 Å². The predicted octanol–water partition coefficient (Wildman–Crippen LogP) is 3.38. The SMILES string of the molecule is CCN1CCN(S(=O)(=O)c2ccc(NC(=O)CCc3ncc(-c4ccccc4F)o3)cc2)CC1. The first-order valence-corrected chi connectivity index (χ1v) is 12.6. The van der Waals surface area contributed by atoms with Crippen molar-refractivity contribution in [3.63, 3.8) is 0 Å². The molecule has 0 atom stereocenters. The van der Waals surface area contributed by atoms with Gasteiger partial charge in [0.15, 0.2) is 11.7 Å². The van der Waals surface area contributed by atoms with Crippen LogP contribution in [-0.4, -0.2) is 61.2 Å². The first-order valence-electron chi connectivity index (χ1n) is 11.2. The van der Waals surface area contributed by atoms with Crippen molar-refractivity contribution in [2.75, 3.05) is 38.0 Å². The molecule has 3 aromatic rings. The number of amides is 1. The number of hydrogen-bond donors (Lipinski definition) is 1. The Hall–Kier alpha value is -3.08. The molecule has 0 saturated carbocycles. The molecule has 34 heavy (non-hydrogen) atoms. The van der Waals surface area contributed by atoms with Crippen LogP contribution in [0.2, 0.25) is 0 Å². The molecule has 0 radical (unpaired) electrons. The summed E-state index contributed by atoms with van der Waals surface area (Å²) < 4.78 is 46.7. The number of aromatic nitrogens is 1. The lowest BCUT2D eigenvalue weighted by atomic mass is 10.2. The van der Waals surface area contributed by atoms with Gasteiger partial charge in [0.25, 0.3) is 0 Å². The zero-order chi connectivity index (χ0) is 24.1. The van der Waals surface area contributed by atoms with Gasteiger partial charge in [-0.1, -0.05) is 19.1 Å². The highest BCUT2D eigenvalue weighted by molar-refractivity contribution is 7.89. The van der Waals surface area contributed by atoms with Gasteiger partial charge in [0, 0.05) is 44.7 Å². The van der Waals surface area contributed by atoms with E-state index in [0.717, 1.165) is 19.6 Å². The van der Waals surface area contributed by atoms with Crippen LogP contribution in [-0.2, 0) is 21.2 Å². The molecule has 8 nitrogen and oxygen atoms in total. The fraction of sp³-hybridized carbons (Fsp3) is 0.333. The molecule has 0 aliphatic carbocycles. The summed E-state index contributed by atoms with van der Waals surface area (Å²) >= 11 is 0. The van der Waals surface area contributed by atoms with Gasteiger partial charge in [-0.05, 0) is 42.9 Å². The highest BCUT2D eigenvalue weighted by atomic mass is 32.2. The van der Waals surface area contributed by atoms with Crippen molar-refractivity contribution >= 4 is 21.6 Å². The number of hydrogen-bond acceptors (Lipinski definition) is 6. The summed E-state index contributed by atoms with van der Waals surface area (Å²) in [6, 6.07) is 12.4. The van der Waals surface area contributed by atoms with Crippen LogP contribution in [0.1, 0.15) is 19.2 Å². The third kappa shape index (κ3) is 5.52. The van der Waals surface area contributed by atoms with Crippen molar-refractivity contribution in [3.05, 3.63) is 66.4 Å². The Morgan fingerprint density at radius 1 is 1.09 bits per heavy atom. The number of oxazole rings is 1. The Kier molecular flexibility index (Phi) is 7.40. The number of aryl methyl sites for hydroxylation is 1. The second-order valence-corrected chi connectivity index (χ2v) is 9.95. The Bertz CT molecular complexity index is 1240. The molecule has 0 bridgehead atoms. The number of anilines is 1. The number of halogens is 1. The lowest BCUT2D eigenvalue weighted by Crippen LogP contribution is -2.48. The number of nitrogens with one attached hydrogen (secondary N) is 1. The highest BCUT2D eigenvalue weighted by Crippen LogP contribution is 2.24. The minimum atomic E-state index is -3.56. The zero-order valence-electron chi connectivity index (χ0n) is 18.9. The average molecular weight is 487 g/mol. The van der Waals surface area contributed by atoms with Crippen LogP contribution in [0.15, 0.2) is 64.0 Å². The Morgan fingerprint density at radius 3 is 2.47 bits per heavy atom. The molecule has 4 rings (SSSR count). The van der Waals surface area contributed by atoms with Crippen molar-refractivity contribution in [2.45, 2.75) is 24.7 Å². The van der Waals surface area contributed by atoms with Gasteiger partial charge in [-0.2, -0.15) is 4.31 Å². The summed E-state index contributed by atoms with van der Waals surface area (Å²) in [7, 11) is -3.56. The van der Waals surface area contributed by atoms with E-state index in [4.69, 9.17) is 4.42 Å². The van der Waals surface area contributed by atoms with E-state index in [1.54, 1.807) is 30.3 Å². The molecule has 1 aliphatic heterocycles. The smallest absolute Gasteiger partial charge is 0.243 e. The second kappa shape index (κ2) is 10.5. The Morgan fingerprint density at radius 2 is 1.79 bits per heavy atom. The highest BCUT2D eigenvalue weighted by Gasteiger charge is 2.27. The standard InChI is InChI=1S/C24H27FN4O4S/c1-2-28-13-15-29(16-14-28)34(31,32)19-9-7-18(8-10-19)27-23(30)11-12-24-26-17-22(33-24)20-5-3-4-6-21(20)25/h3-10,17H,2,11-16H2,1H3,(H,27,30). The van der Waals surface area contributed by atoms with E-state index in [9.17, 15) is 17.6 Å². The average Bonchev–Trinajstić information content (AvgIpc) is 3.32. The summed E-state index contributed by atoms with van der Waals surface area (Å²) in [5, 5.41) is 2.75. The van der Waals surface area contributed by atoms with Gasteiger partial charge < -0.3 is 14.6 Å². The molecule has 180 valence electrons. The third-order valence-electron chi connectivity index (χ3n) is 5.81. The van der Waals surface area contributed by atoms with Crippen molar-refractivity contribution < 1.29 is 22.0 Å². The van der Waals surface area contributed by atoms with Crippen LogP contribution < -0.4 is 5.32 Å². The van der Waals surface area contributed by atoms with Crippen LogP contribution in [0.25, 0.3) is 11.3 Å². The molecule has 1 amide bonds. The first kappa shape index (κ1) is 24.1. The van der Waals surface area contributed by atoms with Gasteiger partial charge in [-0.3, -0.25) is 4.79 Å². The van der Waals surface area contributed by atoms with Crippen molar-refractivity contribution in [2.24, 2.45) is 0 Å². The number of benzene rings is 2. The lowest BCUT2D eigenvalue weighted by Gasteiger charge is -2.33. The van der Waals surface area contributed by atoms with Gasteiger partial charge in [0.1, 0.15) is 5.82 Å². The normalized spacial score (nSPS) is 15.4. The molecule has 1 saturated heterocycles. The largest absolute Gasteiger partial charge is 0.441 e. The summed E-state index contributed by atoms with van der Waals surface area (Å²) in [5.74, 6) is -0.0343. The first-order chi connectivity index (χ1) is 16.4. The molecule has 1 fully saturated rings. The lowest BCUT2D eigenvalue weighted by molar-refractivity contribution is -0.116. The van der Waals surface area contributed by atoms with E-state index in [-0.39, 0.29) is 23.6 Å². The fourth-order valence-electron chi connectivity index (χ4n) is 3.80. The second-order valence-electron chi connectivity index (χ2n) is 8.01. The number of sulfonamides is 1. The van der Waals surface area contributed by atoms with Crippen LogP contribution in [0.5, 0.6) is 0 Å². The summed E-state index contributed by atoms with van der Waals surface area (Å²) in [4.78, 5) is 18.9. The van der Waals surface area contributed by atoms with Gasteiger partial charge in [-0.25, -0.2) is 17.8 Å². The van der Waals surface area contributed by atoms with E-state index < -0.39 is 15.8 Å². The van der Waals surface area contributed by atoms with Gasteiger partial charge >= 0.3 is 0 Å². The number of rotatable bonds is 8. The number of carbonyl (C=O) groups excluding carboxylic acids is 1. The van der Waals surface area contributed by atoms with Crippen LogP contribution in [0, 0.1) is 5.82 Å². The van der Waals surface area contributed by atoms with Crippen molar-refractivity contribution in [1.29, 1.82) is 0 Å². The molecule has 0 unspecified atom stereocenters. The van der Waals surface area contributed by atoms with Crippen LogP contribution >= 0.6 is 0 Å². The molecule has 10 heteroatoms. The zero-order valence-corrected chi connectivity index (χ0v) is 19.7. The van der Waals surface area contributed by atoms with E-state index >= 15 is 0 Å². The minimum Gasteiger partial charge on any atom is -0.441 e. The monoisotopic (exact) mass is 486 g/mol. The van der Waals surface area contributed by atoms with Crippen LogP contribution in [0.3, 0.4) is 0 Å². The number of nitrogens with zero attached hydrogens (tertiary/aromatic N) is 3. The number of carbonyl (C=O) groups is 1. The summed E-state index contributed by atoms with van der Waals surface area (Å²) in [6.45, 7) is 5.34. The van der Waals surface area contributed by atoms with Crippen molar-refractivity contribution in [3.8, 4) is 11.3 Å². The quantitative estimate of drug-likeness (QED) is 0.525. The Labute approximate surface area is 198 Å². The maximum atomic E-state index is 13.9. The topological polar surface area (TPSA) is 95.8 Å².